The lowest BCUT2D eigenvalue weighted by molar-refractivity contribution is -0.135. The van der Waals surface area contributed by atoms with Crippen molar-refractivity contribution in [1.29, 1.82) is 0 Å². The summed E-state index contributed by atoms with van der Waals surface area (Å²) in [5.41, 5.74) is -0.0684. The molecule has 156 valence electrons. The van der Waals surface area contributed by atoms with E-state index in [4.69, 9.17) is 0 Å². The van der Waals surface area contributed by atoms with Crippen molar-refractivity contribution in [3.05, 3.63) is 71.3 Å². The summed E-state index contributed by atoms with van der Waals surface area (Å²) in [6, 6.07) is 6.99. The molecule has 2 rings (SSSR count). The Morgan fingerprint density at radius 1 is 0.767 bits per heavy atom. The first-order valence-corrected chi connectivity index (χ1v) is 8.52. The second-order valence-electron chi connectivity index (χ2n) is 5.70. The van der Waals surface area contributed by atoms with Crippen molar-refractivity contribution in [2.24, 2.45) is 0 Å². The monoisotopic (exact) mass is 416 g/mol. The van der Waals surface area contributed by atoms with Crippen LogP contribution in [-0.4, -0.2) is 32.2 Å². The molecule has 0 unspecified atom stereocenters. The molecule has 2 aromatic carbocycles. The molecule has 2 N–H and O–H groups in total. The fourth-order valence-electron chi connectivity index (χ4n) is 2.33. The standard InChI is InChI=1S/C21H18F2N2O5/c1-29-17(26)11-9-13-5-3-7-15(22)19(13)24-21(28)25-20-14(6-4-8-16(20)23)10-12-18(27)30-2/h3-12H,1-2H3,(H2,24,25,28)/b11-9+,12-10+. The SMILES string of the molecule is COC(=O)/C=C/c1cccc(F)c1NC(=O)Nc1c(F)cccc1/C=C/C(=O)OC. The third-order valence-corrected chi connectivity index (χ3v) is 3.77. The number of methoxy groups -OCH3 is 2. The summed E-state index contributed by atoms with van der Waals surface area (Å²) in [7, 11) is 2.37. The lowest BCUT2D eigenvalue weighted by Crippen LogP contribution is -2.22. The summed E-state index contributed by atoms with van der Waals surface area (Å²) < 4.78 is 37.4. The smallest absolute Gasteiger partial charge is 0.330 e. The minimum Gasteiger partial charge on any atom is -0.466 e. The number of rotatable bonds is 6. The molecular weight excluding hydrogens is 398 g/mol. The van der Waals surface area contributed by atoms with Gasteiger partial charge in [0.2, 0.25) is 0 Å². The molecule has 0 heterocycles. The first-order valence-electron chi connectivity index (χ1n) is 8.52. The molecule has 2 aromatic rings. The summed E-state index contributed by atoms with van der Waals surface area (Å²) >= 11 is 0. The van der Waals surface area contributed by atoms with E-state index >= 15 is 0 Å². The van der Waals surface area contributed by atoms with Gasteiger partial charge in [0.1, 0.15) is 11.6 Å². The molecule has 0 aromatic heterocycles. The zero-order valence-corrected chi connectivity index (χ0v) is 16.1. The van der Waals surface area contributed by atoms with Gasteiger partial charge in [-0.15, -0.1) is 0 Å². The summed E-state index contributed by atoms with van der Waals surface area (Å²) in [6.07, 6.45) is 4.64. The average molecular weight is 416 g/mol. The highest BCUT2D eigenvalue weighted by Gasteiger charge is 2.14. The van der Waals surface area contributed by atoms with Gasteiger partial charge < -0.3 is 20.1 Å². The lowest BCUT2D eigenvalue weighted by atomic mass is 10.1. The number of amides is 2. The van der Waals surface area contributed by atoms with Crippen molar-refractivity contribution >= 4 is 41.5 Å². The Bertz CT molecular complexity index is 939. The van der Waals surface area contributed by atoms with Crippen LogP contribution in [0, 0.1) is 11.6 Å². The van der Waals surface area contributed by atoms with Gasteiger partial charge in [0, 0.05) is 23.3 Å². The molecule has 0 saturated carbocycles. The first kappa shape index (κ1) is 22.3. The molecule has 2 amide bonds. The molecule has 0 aliphatic heterocycles. The van der Waals surface area contributed by atoms with Gasteiger partial charge in [-0.2, -0.15) is 0 Å². The number of carbonyl (C=O) groups is 3. The number of para-hydroxylation sites is 2. The van der Waals surface area contributed by atoms with Gasteiger partial charge in [0.05, 0.1) is 25.6 Å². The largest absolute Gasteiger partial charge is 0.466 e. The normalized spacial score (nSPS) is 10.8. The average Bonchev–Trinajstić information content (AvgIpc) is 2.73. The number of hydrogen-bond acceptors (Lipinski definition) is 5. The maximum Gasteiger partial charge on any atom is 0.330 e. The zero-order chi connectivity index (χ0) is 22.1. The fourth-order valence-corrected chi connectivity index (χ4v) is 2.33. The Morgan fingerprint density at radius 2 is 1.17 bits per heavy atom. The van der Waals surface area contributed by atoms with E-state index in [1.54, 1.807) is 0 Å². The number of ether oxygens (including phenoxy) is 2. The zero-order valence-electron chi connectivity index (χ0n) is 16.1. The molecule has 0 saturated heterocycles. The fraction of sp³-hybridized carbons (Fsp3) is 0.0952. The van der Waals surface area contributed by atoms with Crippen molar-refractivity contribution < 1.29 is 32.6 Å². The Kier molecular flexibility index (Phi) is 7.81. The van der Waals surface area contributed by atoms with Crippen LogP contribution in [0.25, 0.3) is 12.2 Å². The maximum atomic E-state index is 14.2. The molecule has 7 nitrogen and oxygen atoms in total. The van der Waals surface area contributed by atoms with Crippen molar-refractivity contribution in [2.75, 3.05) is 24.9 Å². The minimum absolute atomic E-state index is 0.190. The molecule has 0 fully saturated rings. The van der Waals surface area contributed by atoms with E-state index in [1.165, 1.54) is 50.6 Å². The molecule has 0 aliphatic carbocycles. The van der Waals surface area contributed by atoms with E-state index in [9.17, 15) is 23.2 Å². The number of esters is 2. The van der Waals surface area contributed by atoms with Gasteiger partial charge >= 0.3 is 18.0 Å². The molecular formula is C21H18F2N2O5. The third-order valence-electron chi connectivity index (χ3n) is 3.77. The Balaban J connectivity index is 2.27. The summed E-state index contributed by atoms with van der Waals surface area (Å²) in [6.45, 7) is 0. The van der Waals surface area contributed by atoms with Crippen LogP contribution in [0.1, 0.15) is 11.1 Å². The van der Waals surface area contributed by atoms with Crippen LogP contribution in [0.4, 0.5) is 25.0 Å². The molecule has 0 bridgehead atoms. The first-order chi connectivity index (χ1) is 14.3. The van der Waals surface area contributed by atoms with Crippen LogP contribution in [0.15, 0.2) is 48.6 Å². The summed E-state index contributed by atoms with van der Waals surface area (Å²) in [5.74, 6) is -2.86. The molecule has 0 spiro atoms. The van der Waals surface area contributed by atoms with Crippen molar-refractivity contribution in [1.82, 2.24) is 0 Å². The Hall–Kier alpha value is -4.01. The maximum absolute atomic E-state index is 14.2. The van der Waals surface area contributed by atoms with Gasteiger partial charge in [-0.1, -0.05) is 24.3 Å². The minimum atomic E-state index is -0.939. The number of benzene rings is 2. The van der Waals surface area contributed by atoms with Crippen LogP contribution in [0.5, 0.6) is 0 Å². The third kappa shape index (κ3) is 5.99. The number of nitrogens with one attached hydrogen (secondary N) is 2. The van der Waals surface area contributed by atoms with Crippen LogP contribution in [0.3, 0.4) is 0 Å². The highest BCUT2D eigenvalue weighted by molar-refractivity contribution is 6.03. The van der Waals surface area contributed by atoms with Crippen LogP contribution >= 0.6 is 0 Å². The highest BCUT2D eigenvalue weighted by Crippen LogP contribution is 2.24. The number of halogens is 2. The second-order valence-corrected chi connectivity index (χ2v) is 5.70. The lowest BCUT2D eigenvalue weighted by Gasteiger charge is -2.13. The van der Waals surface area contributed by atoms with Gasteiger partial charge in [-0.25, -0.2) is 23.2 Å². The van der Waals surface area contributed by atoms with Gasteiger partial charge in [0.25, 0.3) is 0 Å². The number of urea groups is 1. The van der Waals surface area contributed by atoms with Crippen molar-refractivity contribution in [3.63, 3.8) is 0 Å². The number of carbonyl (C=O) groups excluding carboxylic acids is 3. The van der Waals surface area contributed by atoms with E-state index in [0.717, 1.165) is 24.3 Å². The van der Waals surface area contributed by atoms with Gasteiger partial charge in [-0.3, -0.25) is 0 Å². The van der Waals surface area contributed by atoms with E-state index in [2.05, 4.69) is 20.1 Å². The van der Waals surface area contributed by atoms with E-state index in [0.29, 0.717) is 0 Å². The molecule has 0 atom stereocenters. The Morgan fingerprint density at radius 3 is 1.53 bits per heavy atom. The molecule has 0 radical (unpaired) electrons. The second kappa shape index (κ2) is 10.5. The van der Waals surface area contributed by atoms with Gasteiger partial charge in [0.15, 0.2) is 0 Å². The van der Waals surface area contributed by atoms with E-state index in [-0.39, 0.29) is 22.5 Å². The van der Waals surface area contributed by atoms with Crippen LogP contribution < -0.4 is 10.6 Å². The topological polar surface area (TPSA) is 93.7 Å². The van der Waals surface area contributed by atoms with Crippen molar-refractivity contribution in [2.45, 2.75) is 0 Å². The van der Waals surface area contributed by atoms with E-state index in [1.807, 2.05) is 0 Å². The Labute approximate surface area is 171 Å². The summed E-state index contributed by atoms with van der Waals surface area (Å²) in [5, 5.41) is 4.58. The number of hydrogen-bond donors (Lipinski definition) is 2. The highest BCUT2D eigenvalue weighted by atomic mass is 19.1. The number of anilines is 2. The van der Waals surface area contributed by atoms with Gasteiger partial charge in [-0.05, 0) is 24.3 Å². The van der Waals surface area contributed by atoms with Crippen LogP contribution in [-0.2, 0) is 19.1 Å². The van der Waals surface area contributed by atoms with Crippen LogP contribution in [0.2, 0.25) is 0 Å². The van der Waals surface area contributed by atoms with E-state index < -0.39 is 29.6 Å². The predicted molar refractivity (Wildman–Crippen MR) is 108 cm³/mol. The molecule has 30 heavy (non-hydrogen) atoms. The van der Waals surface area contributed by atoms with Crippen molar-refractivity contribution in [3.8, 4) is 0 Å². The predicted octanol–water partition coefficient (Wildman–Crippen LogP) is 3.98. The summed E-state index contributed by atoms with van der Waals surface area (Å²) in [4.78, 5) is 34.9. The quantitative estimate of drug-likeness (QED) is 0.549. The molecule has 9 heteroatoms. The molecule has 0 aliphatic rings.